The number of aromatic nitrogens is 2. The Hall–Kier alpha value is -1.72. The van der Waals surface area contributed by atoms with Gasteiger partial charge in [0.1, 0.15) is 0 Å². The van der Waals surface area contributed by atoms with Crippen molar-refractivity contribution in [1.82, 2.24) is 9.55 Å². The third-order valence-electron chi connectivity index (χ3n) is 3.45. The van der Waals surface area contributed by atoms with Crippen LogP contribution in [-0.4, -0.2) is 54.6 Å². The minimum absolute atomic E-state index is 0.119. The second kappa shape index (κ2) is 14.4. The van der Waals surface area contributed by atoms with Crippen molar-refractivity contribution in [3.8, 4) is 0 Å². The predicted octanol–water partition coefficient (Wildman–Crippen LogP) is 3.03. The van der Waals surface area contributed by atoms with Gasteiger partial charge in [0, 0.05) is 26.0 Å². The molecule has 0 bridgehead atoms. The van der Waals surface area contributed by atoms with E-state index in [1.54, 1.807) is 19.9 Å². The summed E-state index contributed by atoms with van der Waals surface area (Å²) in [6.07, 6.45) is 3.50. The fourth-order valence-corrected chi connectivity index (χ4v) is 3.70. The van der Waals surface area contributed by atoms with E-state index < -0.39 is 31.8 Å². The monoisotopic (exact) mass is 526 g/mol. The van der Waals surface area contributed by atoms with Crippen molar-refractivity contribution >= 4 is 29.7 Å². The molecule has 0 aromatic carbocycles. The largest absolute Gasteiger partial charge is 0.510 e. The minimum atomic E-state index is -3.64. The third-order valence-corrected chi connectivity index (χ3v) is 5.75. The number of allylic oxidation sites excluding steroid dienone is 2. The van der Waals surface area contributed by atoms with Crippen LogP contribution in [0.1, 0.15) is 27.2 Å². The first-order chi connectivity index (χ1) is 14.7. The van der Waals surface area contributed by atoms with Crippen LogP contribution in [0.15, 0.2) is 32.4 Å². The summed E-state index contributed by atoms with van der Waals surface area (Å²) in [5.41, 5.74) is -1.11. The van der Waals surface area contributed by atoms with Crippen molar-refractivity contribution in [2.45, 2.75) is 39.8 Å². The smallest absolute Gasteiger partial charge is 0.432 e. The number of halogens is 1. The van der Waals surface area contributed by atoms with Crippen molar-refractivity contribution in [2.75, 3.05) is 32.8 Å². The van der Waals surface area contributed by atoms with E-state index in [0.29, 0.717) is 19.6 Å². The topological polar surface area (TPSA) is 135 Å². The van der Waals surface area contributed by atoms with E-state index in [0.717, 1.165) is 0 Å². The van der Waals surface area contributed by atoms with Gasteiger partial charge in [-0.05, 0) is 43.1 Å². The van der Waals surface area contributed by atoms with E-state index in [1.807, 2.05) is 6.92 Å². The van der Waals surface area contributed by atoms with Gasteiger partial charge in [0.2, 0.25) is 6.79 Å². The van der Waals surface area contributed by atoms with Gasteiger partial charge in [-0.25, -0.2) is 9.59 Å². The molecule has 0 aliphatic heterocycles. The van der Waals surface area contributed by atoms with Crippen molar-refractivity contribution < 1.29 is 32.6 Å². The van der Waals surface area contributed by atoms with Crippen LogP contribution >= 0.6 is 23.5 Å². The summed E-state index contributed by atoms with van der Waals surface area (Å²) in [4.78, 5) is 36.7. The van der Waals surface area contributed by atoms with Gasteiger partial charge in [0.25, 0.3) is 5.56 Å². The summed E-state index contributed by atoms with van der Waals surface area (Å²) in [7, 11) is -3.64. The summed E-state index contributed by atoms with van der Waals surface area (Å²) >= 11 is 3.05. The van der Waals surface area contributed by atoms with Crippen LogP contribution in [0.4, 0.5) is 4.79 Å². The molecule has 0 aliphatic rings. The first-order valence-electron chi connectivity index (χ1n) is 9.60. The van der Waals surface area contributed by atoms with Gasteiger partial charge in [0.05, 0.1) is 23.3 Å². The van der Waals surface area contributed by atoms with Crippen molar-refractivity contribution in [3.63, 3.8) is 0 Å². The molecule has 1 aromatic heterocycles. The van der Waals surface area contributed by atoms with Gasteiger partial charge in [-0.1, -0.05) is 12.2 Å². The lowest BCUT2D eigenvalue weighted by Crippen LogP contribution is -2.29. The number of ether oxygens (including phenoxy) is 3. The molecule has 0 fully saturated rings. The summed E-state index contributed by atoms with van der Waals surface area (Å²) in [6.45, 7) is 5.81. The molecule has 1 atom stereocenters. The van der Waals surface area contributed by atoms with Gasteiger partial charge in [0.15, 0.2) is 0 Å². The number of nitrogens with one attached hydrogen (secondary N) is 1. The van der Waals surface area contributed by atoms with E-state index in [2.05, 4.69) is 20.9 Å². The van der Waals surface area contributed by atoms with E-state index in [4.69, 9.17) is 23.3 Å². The highest BCUT2D eigenvalue weighted by molar-refractivity contribution is 9.10. The lowest BCUT2D eigenvalue weighted by Gasteiger charge is -2.17. The standard InChI is InChI=1S/C18H28BrN2O9P/c1-4-26-9-7-10-28-31(25,29-13-27-18(24)30-14(2)3)11-6-5-8-21-12-15(19)16(22)20-17(21)23/h5-6,12,14H,4,7-11,13H2,1-3H3,(H,20,22,23)/b6-5+. The second-order valence-corrected chi connectivity index (χ2v) is 9.30. The number of aromatic amines is 1. The van der Waals surface area contributed by atoms with Crippen LogP contribution in [0, 0.1) is 0 Å². The summed E-state index contributed by atoms with van der Waals surface area (Å²) in [6, 6.07) is 0. The Morgan fingerprint density at radius 3 is 2.68 bits per heavy atom. The Balaban J connectivity index is 2.67. The molecule has 1 heterocycles. The van der Waals surface area contributed by atoms with Crippen LogP contribution in [-0.2, 0) is 34.4 Å². The van der Waals surface area contributed by atoms with Gasteiger partial charge >= 0.3 is 19.4 Å². The molecule has 31 heavy (non-hydrogen) atoms. The molecule has 1 rings (SSSR count). The molecular weight excluding hydrogens is 499 g/mol. The molecule has 11 nitrogen and oxygen atoms in total. The van der Waals surface area contributed by atoms with Crippen LogP contribution in [0.2, 0.25) is 0 Å². The maximum atomic E-state index is 12.9. The van der Waals surface area contributed by atoms with Gasteiger partial charge in [-0.3, -0.25) is 23.4 Å². The zero-order valence-corrected chi connectivity index (χ0v) is 20.2. The molecule has 0 saturated heterocycles. The molecule has 1 aromatic rings. The highest BCUT2D eigenvalue weighted by Gasteiger charge is 2.24. The van der Waals surface area contributed by atoms with Gasteiger partial charge in [-0.15, -0.1) is 0 Å². The maximum Gasteiger partial charge on any atom is 0.510 e. The van der Waals surface area contributed by atoms with Crippen molar-refractivity contribution in [2.24, 2.45) is 0 Å². The summed E-state index contributed by atoms with van der Waals surface area (Å²) < 4.78 is 39.7. The number of hydrogen-bond donors (Lipinski definition) is 1. The summed E-state index contributed by atoms with van der Waals surface area (Å²) in [5, 5.41) is 0. The quantitative estimate of drug-likeness (QED) is 0.127. The van der Waals surface area contributed by atoms with Crippen molar-refractivity contribution in [3.05, 3.63) is 43.7 Å². The lowest BCUT2D eigenvalue weighted by atomic mass is 10.5. The molecule has 0 spiro atoms. The fraction of sp³-hybridized carbons (Fsp3) is 0.611. The zero-order chi connectivity index (χ0) is 23.3. The first-order valence-corrected chi connectivity index (χ1v) is 12.1. The number of carbonyl (C=O) groups excluding carboxylic acids is 1. The first kappa shape index (κ1) is 27.3. The molecule has 176 valence electrons. The van der Waals surface area contributed by atoms with Gasteiger partial charge in [-0.2, -0.15) is 0 Å². The molecule has 1 unspecified atom stereocenters. The second-order valence-electron chi connectivity index (χ2n) is 6.35. The number of carbonyl (C=O) groups is 1. The number of hydrogen-bond acceptors (Lipinski definition) is 9. The Bertz CT molecular complexity index is 882. The van der Waals surface area contributed by atoms with E-state index in [-0.39, 0.29) is 29.9 Å². The zero-order valence-electron chi connectivity index (χ0n) is 17.7. The minimum Gasteiger partial charge on any atom is -0.432 e. The Morgan fingerprint density at radius 1 is 1.26 bits per heavy atom. The Kier molecular flexibility index (Phi) is 12.7. The van der Waals surface area contributed by atoms with Gasteiger partial charge < -0.3 is 18.7 Å². The number of rotatable bonds is 14. The lowest BCUT2D eigenvalue weighted by molar-refractivity contribution is -0.0129. The average molecular weight is 527 g/mol. The van der Waals surface area contributed by atoms with Crippen molar-refractivity contribution in [1.29, 1.82) is 0 Å². The normalized spacial score (nSPS) is 13.5. The molecule has 0 aliphatic carbocycles. The highest BCUT2D eigenvalue weighted by atomic mass is 79.9. The van der Waals surface area contributed by atoms with E-state index in [9.17, 15) is 18.9 Å². The molecular formula is C18H28BrN2O9P. The average Bonchev–Trinajstić information content (AvgIpc) is 2.68. The molecule has 13 heteroatoms. The third kappa shape index (κ3) is 11.5. The Morgan fingerprint density at radius 2 is 2.00 bits per heavy atom. The summed E-state index contributed by atoms with van der Waals surface area (Å²) in [5.74, 6) is 0. The van der Waals surface area contributed by atoms with E-state index >= 15 is 0 Å². The van der Waals surface area contributed by atoms with Crippen LogP contribution in [0.3, 0.4) is 0 Å². The maximum absolute atomic E-state index is 12.9. The van der Waals surface area contributed by atoms with Crippen LogP contribution in [0.25, 0.3) is 0 Å². The predicted molar refractivity (Wildman–Crippen MR) is 116 cm³/mol. The van der Waals surface area contributed by atoms with Crippen LogP contribution in [0.5, 0.6) is 0 Å². The Labute approximate surface area is 188 Å². The highest BCUT2D eigenvalue weighted by Crippen LogP contribution is 2.48. The number of H-pyrrole nitrogens is 1. The van der Waals surface area contributed by atoms with Crippen LogP contribution < -0.4 is 11.2 Å². The molecule has 0 radical (unpaired) electrons. The molecule has 1 N–H and O–H groups in total. The number of nitrogens with zero attached hydrogens (tertiary/aromatic N) is 1. The SMILES string of the molecule is CCOCCCOP(=O)(C/C=C/Cn1cc(Br)c(=O)[nH]c1=O)OCOC(=O)OC(C)C. The van der Waals surface area contributed by atoms with E-state index in [1.165, 1.54) is 16.8 Å². The fourth-order valence-electron chi connectivity index (χ4n) is 2.04. The molecule has 0 amide bonds. The molecule has 0 saturated carbocycles.